The summed E-state index contributed by atoms with van der Waals surface area (Å²) < 4.78 is 59.7. The summed E-state index contributed by atoms with van der Waals surface area (Å²) in [5.41, 5.74) is -0.427. The minimum absolute atomic E-state index is 0.00731. The van der Waals surface area contributed by atoms with E-state index in [1.54, 1.807) is 12.1 Å². The fraction of sp³-hybridized carbons (Fsp3) is 0.250. The molecule has 40 heavy (non-hydrogen) atoms. The molecule has 1 aliphatic rings. The van der Waals surface area contributed by atoms with Crippen LogP contribution in [0.3, 0.4) is 0 Å². The molecular weight excluding hydrogens is 534 g/mol. The minimum atomic E-state index is -4.63. The van der Waals surface area contributed by atoms with E-state index in [2.05, 4.69) is 10.6 Å². The monoisotopic (exact) mass is 559 g/mol. The van der Waals surface area contributed by atoms with E-state index in [-0.39, 0.29) is 29.2 Å². The number of hydrogen-bond donors (Lipinski definition) is 3. The molecule has 0 aromatic heterocycles. The number of carbonyl (C=O) groups excluding carboxylic acids is 2. The molecule has 0 aliphatic carbocycles. The number of ether oxygens (including phenoxy) is 1. The molecule has 12 heteroatoms. The number of carboxylic acids is 1. The highest BCUT2D eigenvalue weighted by Gasteiger charge is 2.36. The largest absolute Gasteiger partial charge is 0.478 e. The van der Waals surface area contributed by atoms with E-state index in [9.17, 15) is 31.9 Å². The summed E-state index contributed by atoms with van der Waals surface area (Å²) in [4.78, 5) is 37.5. The number of ketones is 1. The highest BCUT2D eigenvalue weighted by Crippen LogP contribution is 2.34. The van der Waals surface area contributed by atoms with Gasteiger partial charge in [-0.1, -0.05) is 24.3 Å². The molecule has 3 aromatic carbocycles. The van der Waals surface area contributed by atoms with Crippen molar-refractivity contribution in [1.82, 2.24) is 4.90 Å². The molecule has 0 saturated carbocycles. The van der Waals surface area contributed by atoms with E-state index < -0.39 is 36.3 Å². The van der Waals surface area contributed by atoms with Gasteiger partial charge >= 0.3 is 18.2 Å². The number of nitrogens with one attached hydrogen (secondary N) is 2. The van der Waals surface area contributed by atoms with Gasteiger partial charge in [0.1, 0.15) is 5.75 Å². The van der Waals surface area contributed by atoms with Gasteiger partial charge < -0.3 is 20.5 Å². The number of hydrogen-bond acceptors (Lipinski definition) is 5. The number of halogens is 4. The number of aromatic carboxylic acids is 1. The average molecular weight is 560 g/mol. The lowest BCUT2D eigenvalue weighted by Gasteiger charge is -2.27. The van der Waals surface area contributed by atoms with Crippen LogP contribution in [0.5, 0.6) is 5.75 Å². The Bertz CT molecular complexity index is 1360. The van der Waals surface area contributed by atoms with Gasteiger partial charge in [-0.25, -0.2) is 14.5 Å². The second-order valence-corrected chi connectivity index (χ2v) is 9.10. The molecule has 0 spiro atoms. The zero-order chi connectivity index (χ0) is 28.9. The van der Waals surface area contributed by atoms with E-state index in [1.807, 2.05) is 0 Å². The van der Waals surface area contributed by atoms with Gasteiger partial charge in [0.15, 0.2) is 5.78 Å². The first-order chi connectivity index (χ1) is 19.0. The van der Waals surface area contributed by atoms with Crippen molar-refractivity contribution in [3.8, 4) is 5.75 Å². The minimum Gasteiger partial charge on any atom is -0.478 e. The first kappa shape index (κ1) is 28.6. The molecule has 1 heterocycles. The second-order valence-electron chi connectivity index (χ2n) is 9.10. The summed E-state index contributed by atoms with van der Waals surface area (Å²) in [5, 5.41) is 13.6. The van der Waals surface area contributed by atoms with Gasteiger partial charge in [-0.15, -0.1) is 0 Å². The third kappa shape index (κ3) is 7.14. The third-order valence-electron chi connectivity index (χ3n) is 6.33. The van der Waals surface area contributed by atoms with E-state index >= 15 is 0 Å². The molecular formula is C28H25F4N3O5. The van der Waals surface area contributed by atoms with Crippen LogP contribution in [0.25, 0.3) is 0 Å². The lowest BCUT2D eigenvalue weighted by molar-refractivity contribution is -0.137. The van der Waals surface area contributed by atoms with Crippen LogP contribution in [0.2, 0.25) is 0 Å². The fourth-order valence-electron chi connectivity index (χ4n) is 4.38. The standard InChI is InChI=1S/C28H25F4N3O5/c29-26(40-20-13-9-18(10-14-20)25(37)38)35-15-3-6-23(35)24(36)16-17-7-11-19(12-8-17)33-27(39)34-22-5-2-1-4-21(22)28(30,31)32/h1-2,4-5,7-14,23,26H,3,6,15-16H2,(H,37,38)(H2,33,34,39)/t23-,26-/m0/s1. The summed E-state index contributed by atoms with van der Waals surface area (Å²) in [6.45, 7) is -1.60. The quantitative estimate of drug-likeness (QED) is 0.221. The smallest absolute Gasteiger partial charge is 0.418 e. The van der Waals surface area contributed by atoms with Crippen molar-refractivity contribution >= 4 is 29.2 Å². The summed E-state index contributed by atoms with van der Waals surface area (Å²) in [6, 6.07) is 14.5. The summed E-state index contributed by atoms with van der Waals surface area (Å²) in [7, 11) is 0. The summed E-state index contributed by atoms with van der Waals surface area (Å²) in [5.74, 6) is -1.22. The fourth-order valence-corrected chi connectivity index (χ4v) is 4.38. The Morgan fingerprint density at radius 3 is 2.30 bits per heavy atom. The van der Waals surface area contributed by atoms with Crippen LogP contribution >= 0.6 is 0 Å². The van der Waals surface area contributed by atoms with Gasteiger partial charge in [0.25, 0.3) is 6.48 Å². The van der Waals surface area contributed by atoms with Gasteiger partial charge in [0.2, 0.25) is 0 Å². The summed E-state index contributed by atoms with van der Waals surface area (Å²) in [6.07, 6.45) is -3.60. The van der Waals surface area contributed by atoms with Gasteiger partial charge in [-0.05, 0) is 66.9 Å². The van der Waals surface area contributed by atoms with Crippen molar-refractivity contribution in [3.63, 3.8) is 0 Å². The molecule has 2 atom stereocenters. The molecule has 1 aliphatic heterocycles. The number of nitrogens with zero attached hydrogens (tertiary/aromatic N) is 1. The van der Waals surface area contributed by atoms with E-state index in [4.69, 9.17) is 9.84 Å². The highest BCUT2D eigenvalue weighted by molar-refractivity contribution is 6.00. The molecule has 3 aromatic rings. The molecule has 1 saturated heterocycles. The maximum Gasteiger partial charge on any atom is 0.418 e. The highest BCUT2D eigenvalue weighted by atomic mass is 19.4. The number of alkyl halides is 4. The number of carboxylic acid groups (broad SMARTS) is 1. The van der Waals surface area contributed by atoms with Crippen LogP contribution in [0, 0.1) is 0 Å². The summed E-state index contributed by atoms with van der Waals surface area (Å²) >= 11 is 0. The number of rotatable bonds is 9. The van der Waals surface area contributed by atoms with Gasteiger partial charge in [-0.3, -0.25) is 4.79 Å². The van der Waals surface area contributed by atoms with Gasteiger partial charge in [0, 0.05) is 18.7 Å². The second kappa shape index (κ2) is 12.2. The van der Waals surface area contributed by atoms with E-state index in [0.717, 1.165) is 12.1 Å². The number of Topliss-reactive ketones (excluding diaryl/α,β-unsaturated/α-hetero) is 1. The Balaban J connectivity index is 1.32. The first-order valence-corrected chi connectivity index (χ1v) is 12.3. The first-order valence-electron chi connectivity index (χ1n) is 12.3. The molecule has 1 fully saturated rings. The average Bonchev–Trinajstić information content (AvgIpc) is 3.40. The molecule has 8 nitrogen and oxygen atoms in total. The Morgan fingerprint density at radius 1 is 0.975 bits per heavy atom. The SMILES string of the molecule is O=C(Nc1ccc(CC(=O)[C@@H]2CCCN2[C@H](F)Oc2ccc(C(=O)O)cc2)cc1)Nc1ccccc1C(F)(F)F. The van der Waals surface area contributed by atoms with Gasteiger partial charge in [-0.2, -0.15) is 17.6 Å². The molecule has 3 N–H and O–H groups in total. The molecule has 2 amide bonds. The number of amides is 2. The molecule has 0 bridgehead atoms. The maximum absolute atomic E-state index is 14.9. The van der Waals surface area contributed by atoms with Gasteiger partial charge in [0.05, 0.1) is 22.9 Å². The normalized spacial score (nSPS) is 16.2. The topological polar surface area (TPSA) is 108 Å². The number of para-hydroxylation sites is 1. The Morgan fingerprint density at radius 2 is 1.65 bits per heavy atom. The van der Waals surface area contributed by atoms with Crippen LogP contribution in [0.1, 0.15) is 34.3 Å². The number of anilines is 2. The Kier molecular flexibility index (Phi) is 8.68. The number of likely N-dealkylation sites (tertiary alicyclic amines) is 1. The predicted octanol–water partition coefficient (Wildman–Crippen LogP) is 5.96. The molecule has 210 valence electrons. The van der Waals surface area contributed by atoms with Crippen molar-refractivity contribution in [2.75, 3.05) is 17.2 Å². The number of urea groups is 1. The maximum atomic E-state index is 14.9. The third-order valence-corrected chi connectivity index (χ3v) is 6.33. The van der Waals surface area contributed by atoms with Crippen molar-refractivity contribution in [2.24, 2.45) is 0 Å². The van der Waals surface area contributed by atoms with E-state index in [1.165, 1.54) is 53.4 Å². The van der Waals surface area contributed by atoms with Crippen molar-refractivity contribution in [3.05, 3.63) is 89.5 Å². The van der Waals surface area contributed by atoms with Crippen LogP contribution < -0.4 is 15.4 Å². The van der Waals surface area contributed by atoms with Crippen molar-refractivity contribution < 1.29 is 41.8 Å². The predicted molar refractivity (Wildman–Crippen MR) is 138 cm³/mol. The van der Waals surface area contributed by atoms with Crippen LogP contribution in [0.4, 0.5) is 33.7 Å². The lowest BCUT2D eigenvalue weighted by atomic mass is 10.0. The van der Waals surface area contributed by atoms with Crippen LogP contribution in [-0.4, -0.2) is 46.9 Å². The molecule has 0 radical (unpaired) electrons. The number of carbonyl (C=O) groups is 3. The van der Waals surface area contributed by atoms with Crippen molar-refractivity contribution in [1.29, 1.82) is 0 Å². The lowest BCUT2D eigenvalue weighted by Crippen LogP contribution is -2.44. The van der Waals surface area contributed by atoms with E-state index in [0.29, 0.717) is 30.6 Å². The Labute approximate surface area is 226 Å². The zero-order valence-corrected chi connectivity index (χ0v) is 21.0. The van der Waals surface area contributed by atoms with Crippen molar-refractivity contribution in [2.45, 2.75) is 38.0 Å². The Hall–Kier alpha value is -4.45. The van der Waals surface area contributed by atoms with Crippen LogP contribution in [-0.2, 0) is 17.4 Å². The number of benzene rings is 3. The molecule has 4 rings (SSSR count). The van der Waals surface area contributed by atoms with Crippen LogP contribution in [0.15, 0.2) is 72.8 Å². The molecule has 0 unspecified atom stereocenters. The zero-order valence-electron chi connectivity index (χ0n) is 21.0.